The van der Waals surface area contributed by atoms with Crippen LogP contribution in [0.2, 0.25) is 0 Å². The molecule has 0 fully saturated rings. The molecule has 0 aromatic heterocycles. The summed E-state index contributed by atoms with van der Waals surface area (Å²) in [7, 11) is 5.34. The molecule has 0 unspecified atom stereocenters. The van der Waals surface area contributed by atoms with E-state index in [-0.39, 0.29) is 24.4 Å². The second-order valence-corrected chi connectivity index (χ2v) is 6.47. The van der Waals surface area contributed by atoms with Crippen molar-refractivity contribution in [2.45, 2.75) is 32.8 Å². The van der Waals surface area contributed by atoms with E-state index in [2.05, 4.69) is 9.64 Å². The van der Waals surface area contributed by atoms with Crippen molar-refractivity contribution in [2.75, 3.05) is 40.8 Å². The van der Waals surface area contributed by atoms with Crippen molar-refractivity contribution in [3.63, 3.8) is 0 Å². The van der Waals surface area contributed by atoms with Crippen molar-refractivity contribution < 1.29 is 19.1 Å². The van der Waals surface area contributed by atoms with E-state index in [0.29, 0.717) is 18.7 Å². The van der Waals surface area contributed by atoms with Gasteiger partial charge in [0.25, 0.3) is 5.91 Å². The van der Waals surface area contributed by atoms with Crippen LogP contribution in [0.3, 0.4) is 0 Å². The Bertz CT molecular complexity index is 541. The Hall–Kier alpha value is -2.08. The van der Waals surface area contributed by atoms with Crippen LogP contribution >= 0.6 is 0 Å². The van der Waals surface area contributed by atoms with Gasteiger partial charge >= 0.3 is 5.97 Å². The normalized spacial score (nSPS) is 10.8. The van der Waals surface area contributed by atoms with E-state index in [9.17, 15) is 9.59 Å². The molecule has 1 aromatic rings. The van der Waals surface area contributed by atoms with Crippen molar-refractivity contribution in [3.8, 4) is 5.75 Å². The molecular formula is C19H30N2O4. The summed E-state index contributed by atoms with van der Waals surface area (Å²) in [5.41, 5.74) is 0.589. The minimum atomic E-state index is -0.314. The highest BCUT2D eigenvalue weighted by atomic mass is 16.5. The molecule has 0 radical (unpaired) electrons. The number of nitrogens with zero attached hydrogens (tertiary/aromatic N) is 2. The summed E-state index contributed by atoms with van der Waals surface area (Å²) >= 11 is 0. The number of hydrogen-bond acceptors (Lipinski definition) is 5. The molecule has 6 heteroatoms. The van der Waals surface area contributed by atoms with E-state index in [4.69, 9.17) is 4.74 Å². The minimum absolute atomic E-state index is 0.0845. The van der Waals surface area contributed by atoms with Gasteiger partial charge < -0.3 is 19.3 Å². The Morgan fingerprint density at radius 3 is 2.20 bits per heavy atom. The van der Waals surface area contributed by atoms with Crippen molar-refractivity contribution in [2.24, 2.45) is 0 Å². The molecule has 0 atom stereocenters. The maximum atomic E-state index is 12.8. The lowest BCUT2D eigenvalue weighted by Crippen LogP contribution is -2.35. The number of ether oxygens (including phenoxy) is 2. The molecule has 0 aliphatic carbocycles. The van der Waals surface area contributed by atoms with Gasteiger partial charge in [-0.3, -0.25) is 9.59 Å². The highest BCUT2D eigenvalue weighted by Gasteiger charge is 2.17. The molecule has 0 aliphatic heterocycles. The topological polar surface area (TPSA) is 59.1 Å². The van der Waals surface area contributed by atoms with Crippen LogP contribution in [0, 0.1) is 0 Å². The Morgan fingerprint density at radius 2 is 1.68 bits per heavy atom. The van der Waals surface area contributed by atoms with E-state index in [1.165, 1.54) is 7.11 Å². The van der Waals surface area contributed by atoms with Gasteiger partial charge in [0.1, 0.15) is 5.75 Å². The monoisotopic (exact) mass is 350 g/mol. The molecule has 0 aliphatic rings. The first-order valence-electron chi connectivity index (χ1n) is 8.61. The Morgan fingerprint density at radius 1 is 1.04 bits per heavy atom. The quantitative estimate of drug-likeness (QED) is 0.607. The van der Waals surface area contributed by atoms with Crippen molar-refractivity contribution in [1.29, 1.82) is 0 Å². The first kappa shape index (κ1) is 21.0. The van der Waals surface area contributed by atoms with Crippen molar-refractivity contribution in [1.82, 2.24) is 9.80 Å². The van der Waals surface area contributed by atoms with Crippen LogP contribution in [0.25, 0.3) is 0 Å². The van der Waals surface area contributed by atoms with Crippen molar-refractivity contribution in [3.05, 3.63) is 29.8 Å². The van der Waals surface area contributed by atoms with Gasteiger partial charge in [0.05, 0.1) is 19.6 Å². The van der Waals surface area contributed by atoms with Gasteiger partial charge in [-0.15, -0.1) is 0 Å². The van der Waals surface area contributed by atoms with Crippen LogP contribution in [0.4, 0.5) is 0 Å². The zero-order chi connectivity index (χ0) is 18.8. The summed E-state index contributed by atoms with van der Waals surface area (Å²) < 4.78 is 10.3. The summed E-state index contributed by atoms with van der Waals surface area (Å²) in [4.78, 5) is 28.0. The summed E-state index contributed by atoms with van der Waals surface area (Å²) in [6, 6.07) is 7.12. The lowest BCUT2D eigenvalue weighted by Gasteiger charge is -2.23. The molecule has 0 N–H and O–H groups in total. The van der Waals surface area contributed by atoms with Crippen LogP contribution in [-0.2, 0) is 9.53 Å². The SMILES string of the molecule is COC(=O)CCN(CCCN(C)C)C(=O)c1ccc(OC(C)C)cc1. The third kappa shape index (κ3) is 8.03. The minimum Gasteiger partial charge on any atom is -0.491 e. The highest BCUT2D eigenvalue weighted by molar-refractivity contribution is 5.94. The van der Waals surface area contributed by atoms with Gasteiger partial charge in [0.2, 0.25) is 0 Å². The maximum Gasteiger partial charge on any atom is 0.307 e. The number of carbonyl (C=O) groups is 2. The van der Waals surface area contributed by atoms with E-state index in [1.54, 1.807) is 29.2 Å². The van der Waals surface area contributed by atoms with Gasteiger partial charge in [0.15, 0.2) is 0 Å². The Labute approximate surface area is 150 Å². The summed E-state index contributed by atoms with van der Waals surface area (Å²) in [5, 5.41) is 0. The first-order chi connectivity index (χ1) is 11.8. The number of carbonyl (C=O) groups excluding carboxylic acids is 2. The lowest BCUT2D eigenvalue weighted by molar-refractivity contribution is -0.140. The molecule has 1 amide bonds. The summed E-state index contributed by atoms with van der Waals surface area (Å²) in [6.07, 6.45) is 1.12. The molecule has 1 aromatic carbocycles. The molecule has 6 nitrogen and oxygen atoms in total. The molecule has 0 spiro atoms. The predicted molar refractivity (Wildman–Crippen MR) is 97.9 cm³/mol. The van der Waals surface area contributed by atoms with Gasteiger partial charge in [-0.2, -0.15) is 0 Å². The smallest absolute Gasteiger partial charge is 0.307 e. The number of rotatable bonds is 10. The average molecular weight is 350 g/mol. The standard InChI is InChI=1S/C19H30N2O4/c1-15(2)25-17-9-7-16(8-10-17)19(23)21(13-6-12-20(3)4)14-11-18(22)24-5/h7-10,15H,6,11-14H2,1-5H3. The van der Waals surface area contributed by atoms with Crippen LogP contribution < -0.4 is 4.74 Å². The molecule has 0 saturated heterocycles. The first-order valence-corrected chi connectivity index (χ1v) is 8.61. The van der Waals surface area contributed by atoms with Crippen LogP contribution in [-0.4, -0.2) is 68.6 Å². The van der Waals surface area contributed by atoms with Crippen LogP contribution in [0.5, 0.6) is 5.75 Å². The van der Waals surface area contributed by atoms with E-state index in [1.807, 2.05) is 27.9 Å². The third-order valence-corrected chi connectivity index (χ3v) is 3.61. The zero-order valence-electron chi connectivity index (χ0n) is 15.9. The maximum absolute atomic E-state index is 12.8. The molecule has 0 bridgehead atoms. The average Bonchev–Trinajstić information content (AvgIpc) is 2.56. The van der Waals surface area contributed by atoms with Gasteiger partial charge in [0, 0.05) is 18.7 Å². The largest absolute Gasteiger partial charge is 0.491 e. The number of benzene rings is 1. The number of methoxy groups -OCH3 is 1. The molecular weight excluding hydrogens is 320 g/mol. The second-order valence-electron chi connectivity index (χ2n) is 6.47. The van der Waals surface area contributed by atoms with E-state index < -0.39 is 0 Å². The van der Waals surface area contributed by atoms with Gasteiger partial charge in [-0.25, -0.2) is 0 Å². The highest BCUT2D eigenvalue weighted by Crippen LogP contribution is 2.15. The molecule has 25 heavy (non-hydrogen) atoms. The fraction of sp³-hybridized carbons (Fsp3) is 0.579. The predicted octanol–water partition coefficient (Wildman–Crippen LogP) is 2.43. The van der Waals surface area contributed by atoms with Crippen LogP contribution in [0.15, 0.2) is 24.3 Å². The lowest BCUT2D eigenvalue weighted by atomic mass is 10.1. The number of hydrogen-bond donors (Lipinski definition) is 0. The molecule has 1 rings (SSSR count). The molecule has 140 valence electrons. The Kier molecular flexibility index (Phi) is 8.99. The van der Waals surface area contributed by atoms with Gasteiger partial charge in [-0.05, 0) is 65.2 Å². The van der Waals surface area contributed by atoms with E-state index in [0.717, 1.165) is 18.7 Å². The fourth-order valence-corrected chi connectivity index (χ4v) is 2.35. The van der Waals surface area contributed by atoms with Gasteiger partial charge in [-0.1, -0.05) is 0 Å². The van der Waals surface area contributed by atoms with E-state index >= 15 is 0 Å². The third-order valence-electron chi connectivity index (χ3n) is 3.61. The second kappa shape index (κ2) is 10.7. The zero-order valence-corrected chi connectivity index (χ0v) is 15.9. The van der Waals surface area contributed by atoms with Crippen LogP contribution in [0.1, 0.15) is 37.0 Å². The summed E-state index contributed by atoms with van der Waals surface area (Å²) in [6.45, 7) is 5.74. The number of esters is 1. The Balaban J connectivity index is 2.76. The van der Waals surface area contributed by atoms with Crippen molar-refractivity contribution >= 4 is 11.9 Å². The molecule has 0 saturated carbocycles. The summed E-state index contributed by atoms with van der Waals surface area (Å²) in [5.74, 6) is 0.338. The number of amides is 1. The molecule has 0 heterocycles. The fourth-order valence-electron chi connectivity index (χ4n) is 2.35.